The maximum atomic E-state index is 12.8. The van der Waals surface area contributed by atoms with Gasteiger partial charge in [0.2, 0.25) is 5.91 Å². The second kappa shape index (κ2) is 40.1. The van der Waals surface area contributed by atoms with E-state index in [1.54, 1.807) is 6.08 Å². The highest BCUT2D eigenvalue weighted by atomic mass is 31.2. The van der Waals surface area contributed by atoms with Gasteiger partial charge < -0.3 is 19.8 Å². The van der Waals surface area contributed by atoms with Gasteiger partial charge in [-0.25, -0.2) is 4.57 Å². The molecule has 0 heterocycles. The number of hydrogen-bond acceptors (Lipinski definition) is 5. The van der Waals surface area contributed by atoms with Gasteiger partial charge in [0, 0.05) is 6.42 Å². The van der Waals surface area contributed by atoms with Crippen molar-refractivity contribution in [3.8, 4) is 0 Å². The van der Waals surface area contributed by atoms with Crippen molar-refractivity contribution in [2.24, 2.45) is 0 Å². The first kappa shape index (κ1) is 55.7. The summed E-state index contributed by atoms with van der Waals surface area (Å²) in [4.78, 5) is 23.1. The van der Waals surface area contributed by atoms with E-state index in [2.05, 4.69) is 43.5 Å². The van der Waals surface area contributed by atoms with Crippen molar-refractivity contribution in [3.05, 3.63) is 36.5 Å². The van der Waals surface area contributed by atoms with Gasteiger partial charge in [0.1, 0.15) is 13.2 Å². The first-order valence-corrected chi connectivity index (χ1v) is 25.4. The summed E-state index contributed by atoms with van der Waals surface area (Å²) in [7, 11) is 1.57. The minimum absolute atomic E-state index is 0.0616. The average Bonchev–Trinajstić information content (AvgIpc) is 3.16. The van der Waals surface area contributed by atoms with Crippen LogP contribution in [0.5, 0.6) is 0 Å². The minimum Gasteiger partial charge on any atom is -0.387 e. The smallest absolute Gasteiger partial charge is 0.387 e. The number of phosphoric ester groups is 1. The van der Waals surface area contributed by atoms with Crippen LogP contribution >= 0.6 is 7.82 Å². The summed E-state index contributed by atoms with van der Waals surface area (Å²) in [6.07, 6.45) is 49.6. The normalized spacial score (nSPS) is 14.6. The zero-order valence-corrected chi connectivity index (χ0v) is 39.0. The molecular weight excluding hydrogens is 732 g/mol. The molecule has 3 atom stereocenters. The summed E-state index contributed by atoms with van der Waals surface area (Å²) in [5.41, 5.74) is 0. The molecule has 3 unspecified atom stereocenters. The van der Waals surface area contributed by atoms with E-state index in [4.69, 9.17) is 9.05 Å². The summed E-state index contributed by atoms with van der Waals surface area (Å²) < 4.78 is 23.5. The maximum Gasteiger partial charge on any atom is 0.472 e. The Morgan fingerprint density at radius 2 is 1.00 bits per heavy atom. The van der Waals surface area contributed by atoms with Crippen molar-refractivity contribution >= 4 is 13.7 Å². The Bertz CT molecular complexity index is 1030. The number of aliphatic hydroxyl groups excluding tert-OH is 1. The summed E-state index contributed by atoms with van der Waals surface area (Å²) >= 11 is 0. The maximum absolute atomic E-state index is 12.8. The topological polar surface area (TPSA) is 105 Å². The Kier molecular flexibility index (Phi) is 39.2. The lowest BCUT2D eigenvalue weighted by molar-refractivity contribution is -0.870. The molecule has 0 bridgehead atoms. The van der Waals surface area contributed by atoms with E-state index < -0.39 is 20.0 Å². The molecule has 0 aromatic heterocycles. The number of unbranched alkanes of at least 4 members (excludes halogenated alkanes) is 26. The number of rotatable bonds is 43. The highest BCUT2D eigenvalue weighted by Crippen LogP contribution is 2.43. The van der Waals surface area contributed by atoms with Crippen molar-refractivity contribution in [2.75, 3.05) is 40.9 Å². The first-order chi connectivity index (χ1) is 27.5. The summed E-state index contributed by atoms with van der Waals surface area (Å²) in [5, 5.41) is 13.7. The van der Waals surface area contributed by atoms with Gasteiger partial charge in [0.05, 0.1) is 39.9 Å². The molecule has 0 aromatic rings. The van der Waals surface area contributed by atoms with Gasteiger partial charge in [-0.1, -0.05) is 192 Å². The fourth-order valence-corrected chi connectivity index (χ4v) is 7.51. The van der Waals surface area contributed by atoms with Crippen molar-refractivity contribution in [2.45, 2.75) is 225 Å². The van der Waals surface area contributed by atoms with Gasteiger partial charge in [0.15, 0.2) is 0 Å². The molecule has 0 rings (SSSR count). The molecule has 0 saturated carbocycles. The largest absolute Gasteiger partial charge is 0.472 e. The third kappa shape index (κ3) is 42.6. The predicted octanol–water partition coefficient (Wildman–Crippen LogP) is 13.5. The fraction of sp³-hybridized carbons (Fsp3) is 0.854. The van der Waals surface area contributed by atoms with Crippen LogP contribution in [0.4, 0.5) is 0 Å². The van der Waals surface area contributed by atoms with Crippen molar-refractivity contribution in [1.82, 2.24) is 5.32 Å². The van der Waals surface area contributed by atoms with Crippen LogP contribution in [-0.2, 0) is 18.4 Å². The average molecular weight is 826 g/mol. The van der Waals surface area contributed by atoms with E-state index in [9.17, 15) is 19.4 Å². The lowest BCUT2D eigenvalue weighted by Crippen LogP contribution is -2.45. The molecule has 57 heavy (non-hydrogen) atoms. The van der Waals surface area contributed by atoms with Crippen molar-refractivity contribution in [3.63, 3.8) is 0 Å². The molecule has 0 saturated heterocycles. The van der Waals surface area contributed by atoms with Gasteiger partial charge >= 0.3 is 7.82 Å². The lowest BCUT2D eigenvalue weighted by Gasteiger charge is -2.25. The monoisotopic (exact) mass is 826 g/mol. The number of allylic oxidation sites excluding steroid dienone is 5. The Morgan fingerprint density at radius 1 is 0.596 bits per heavy atom. The summed E-state index contributed by atoms with van der Waals surface area (Å²) in [6.45, 7) is 4.76. The minimum atomic E-state index is -4.33. The van der Waals surface area contributed by atoms with Crippen LogP contribution in [0.3, 0.4) is 0 Å². The molecule has 3 N–H and O–H groups in total. The Balaban J connectivity index is 4.05. The number of nitrogens with one attached hydrogen (secondary N) is 1. The molecule has 0 spiro atoms. The van der Waals surface area contributed by atoms with Gasteiger partial charge in [-0.05, 0) is 51.4 Å². The molecule has 1 amide bonds. The summed E-state index contributed by atoms with van der Waals surface area (Å²) in [5.74, 6) is -0.180. The van der Waals surface area contributed by atoms with Crippen LogP contribution in [0.2, 0.25) is 0 Å². The van der Waals surface area contributed by atoms with Gasteiger partial charge in [-0.2, -0.15) is 0 Å². The predicted molar refractivity (Wildman–Crippen MR) is 244 cm³/mol. The molecule has 8 nitrogen and oxygen atoms in total. The molecule has 0 aliphatic heterocycles. The van der Waals surface area contributed by atoms with Crippen molar-refractivity contribution < 1.29 is 32.9 Å². The van der Waals surface area contributed by atoms with Gasteiger partial charge in [-0.15, -0.1) is 0 Å². The number of likely N-dealkylation sites (N-methyl/N-ethyl adjacent to an activating group) is 1. The highest BCUT2D eigenvalue weighted by Gasteiger charge is 2.27. The Hall–Kier alpha value is -1.28. The number of carbonyl (C=O) groups is 1. The van der Waals surface area contributed by atoms with E-state index in [-0.39, 0.29) is 19.1 Å². The number of amides is 1. The van der Waals surface area contributed by atoms with Crippen LogP contribution in [0.1, 0.15) is 213 Å². The first-order valence-electron chi connectivity index (χ1n) is 23.9. The molecule has 9 heteroatoms. The second-order valence-electron chi connectivity index (χ2n) is 17.5. The number of nitrogens with zero attached hydrogens (tertiary/aromatic N) is 1. The molecule has 0 aromatic carbocycles. The van der Waals surface area contributed by atoms with E-state index in [0.717, 1.165) is 44.9 Å². The summed E-state index contributed by atoms with van der Waals surface area (Å²) in [6, 6.07) is -0.842. The fourth-order valence-electron chi connectivity index (χ4n) is 6.78. The number of aliphatic hydroxyl groups is 1. The third-order valence-electron chi connectivity index (χ3n) is 10.6. The quantitative estimate of drug-likeness (QED) is 0.0245. The number of hydrogen-bond donors (Lipinski definition) is 3. The number of quaternary nitrogens is 1. The molecule has 0 radical (unpaired) electrons. The molecule has 0 fully saturated rings. The van der Waals surface area contributed by atoms with Crippen LogP contribution in [0.25, 0.3) is 0 Å². The zero-order chi connectivity index (χ0) is 42.1. The van der Waals surface area contributed by atoms with Crippen LogP contribution in [0.15, 0.2) is 36.5 Å². The molecular formula is C48H94N2O6P+. The van der Waals surface area contributed by atoms with E-state index in [1.807, 2.05) is 27.2 Å². The second-order valence-corrected chi connectivity index (χ2v) is 18.9. The Labute approximate surface area is 353 Å². The number of carbonyl (C=O) groups excluding carboxylic acids is 1. The van der Waals surface area contributed by atoms with E-state index in [1.165, 1.54) is 148 Å². The SMILES string of the molecule is CCCCCCC/C=C\C/C=C\CCCCCCCCCCCCCCCCCC(=O)NC(COP(=O)(O)OCC[N+](C)(C)C)C(O)/C=C/CCCCCCCC. The van der Waals surface area contributed by atoms with Crippen molar-refractivity contribution in [1.29, 1.82) is 0 Å². The molecule has 336 valence electrons. The van der Waals surface area contributed by atoms with E-state index >= 15 is 0 Å². The lowest BCUT2D eigenvalue weighted by atomic mass is 10.0. The zero-order valence-electron chi connectivity index (χ0n) is 38.1. The van der Waals surface area contributed by atoms with Crippen LogP contribution in [0, 0.1) is 0 Å². The van der Waals surface area contributed by atoms with Gasteiger partial charge in [0.25, 0.3) is 0 Å². The van der Waals surface area contributed by atoms with E-state index in [0.29, 0.717) is 17.4 Å². The van der Waals surface area contributed by atoms with Crippen LogP contribution in [-0.4, -0.2) is 73.4 Å². The highest BCUT2D eigenvalue weighted by molar-refractivity contribution is 7.47. The molecule has 0 aliphatic rings. The standard InChI is InChI=1S/C48H93N2O6P/c1-6-8-10-12-14-16-17-18-19-20-21-22-23-24-25-26-27-28-29-30-31-32-33-34-36-38-40-42-48(52)49-46(45-56-57(53,54)55-44-43-50(3,4)5)47(51)41-39-37-35-15-13-11-9-7-2/h17-18,20-21,39,41,46-47,51H,6-16,19,22-38,40,42-45H2,1-5H3,(H-,49,52,53,54)/p+1/b18-17-,21-20-,41-39+. The Morgan fingerprint density at radius 3 is 1.44 bits per heavy atom. The number of phosphoric acid groups is 1. The molecule has 0 aliphatic carbocycles. The van der Waals surface area contributed by atoms with Crippen LogP contribution < -0.4 is 5.32 Å². The van der Waals surface area contributed by atoms with Gasteiger partial charge in [-0.3, -0.25) is 13.8 Å². The third-order valence-corrected chi connectivity index (χ3v) is 11.6.